The Morgan fingerprint density at radius 3 is 2.60 bits per heavy atom. The van der Waals surface area contributed by atoms with Gasteiger partial charge >= 0.3 is 5.97 Å². The molecule has 0 aliphatic carbocycles. The van der Waals surface area contributed by atoms with Crippen LogP contribution in [0.5, 0.6) is 5.75 Å². The highest BCUT2D eigenvalue weighted by Crippen LogP contribution is 2.35. The molecule has 0 heterocycles. The molecule has 4 nitrogen and oxygen atoms in total. The lowest BCUT2D eigenvalue weighted by Crippen LogP contribution is -2.06. The first-order valence-electron chi connectivity index (χ1n) is 5.94. The third-order valence-electron chi connectivity index (χ3n) is 2.74. The quantitative estimate of drug-likeness (QED) is 0.691. The molecule has 0 fully saturated rings. The number of hydrogen-bond acceptors (Lipinski definition) is 5. The summed E-state index contributed by atoms with van der Waals surface area (Å²) >= 11 is 1.47. The number of anilines is 1. The number of methoxy groups -OCH3 is 2. The van der Waals surface area contributed by atoms with Crippen molar-refractivity contribution in [3.8, 4) is 5.75 Å². The van der Waals surface area contributed by atoms with Gasteiger partial charge in [0.25, 0.3) is 0 Å². The fourth-order valence-electron chi connectivity index (χ4n) is 1.71. The van der Waals surface area contributed by atoms with Crippen molar-refractivity contribution >= 4 is 23.4 Å². The fraction of sp³-hybridized carbons (Fsp3) is 0.133. The Morgan fingerprint density at radius 2 is 1.90 bits per heavy atom. The number of hydrogen-bond donors (Lipinski definition) is 1. The third kappa shape index (κ3) is 3.05. The second-order valence-corrected chi connectivity index (χ2v) is 5.11. The summed E-state index contributed by atoms with van der Waals surface area (Å²) in [5, 5.41) is 0. The molecule has 0 aliphatic rings. The van der Waals surface area contributed by atoms with E-state index in [1.807, 2.05) is 30.3 Å². The van der Waals surface area contributed by atoms with Crippen molar-refractivity contribution in [1.82, 2.24) is 0 Å². The topological polar surface area (TPSA) is 61.5 Å². The Labute approximate surface area is 121 Å². The number of para-hydroxylation sites is 1. The summed E-state index contributed by atoms with van der Waals surface area (Å²) in [5.74, 6) is 0.341. The van der Waals surface area contributed by atoms with E-state index in [1.54, 1.807) is 19.2 Å². The number of carbonyl (C=O) groups is 1. The Balaban J connectivity index is 2.31. The summed E-state index contributed by atoms with van der Waals surface area (Å²) in [6.07, 6.45) is 0. The molecule has 0 spiro atoms. The molecule has 0 saturated carbocycles. The van der Waals surface area contributed by atoms with Gasteiger partial charge in [0.05, 0.1) is 25.5 Å². The first-order valence-corrected chi connectivity index (χ1v) is 6.76. The third-order valence-corrected chi connectivity index (χ3v) is 3.81. The minimum absolute atomic E-state index is 0.375. The Morgan fingerprint density at radius 1 is 1.15 bits per heavy atom. The molecule has 0 radical (unpaired) electrons. The van der Waals surface area contributed by atoms with Crippen molar-refractivity contribution in [2.24, 2.45) is 0 Å². The van der Waals surface area contributed by atoms with Crippen LogP contribution >= 0.6 is 11.8 Å². The molecular weight excluding hydrogens is 274 g/mol. The van der Waals surface area contributed by atoms with Crippen molar-refractivity contribution in [1.29, 1.82) is 0 Å². The maximum atomic E-state index is 11.6. The smallest absolute Gasteiger partial charge is 0.339 e. The van der Waals surface area contributed by atoms with E-state index in [4.69, 9.17) is 15.2 Å². The van der Waals surface area contributed by atoms with E-state index in [2.05, 4.69) is 0 Å². The van der Waals surface area contributed by atoms with E-state index in [1.165, 1.54) is 18.9 Å². The molecule has 0 amide bonds. The van der Waals surface area contributed by atoms with Crippen molar-refractivity contribution in [2.45, 2.75) is 9.79 Å². The van der Waals surface area contributed by atoms with Crippen LogP contribution in [0.2, 0.25) is 0 Å². The van der Waals surface area contributed by atoms with Crippen LogP contribution in [-0.4, -0.2) is 20.2 Å². The monoisotopic (exact) mass is 289 g/mol. The molecule has 0 aromatic heterocycles. The average molecular weight is 289 g/mol. The summed E-state index contributed by atoms with van der Waals surface area (Å²) in [5.41, 5.74) is 6.82. The molecule has 2 N–H and O–H groups in total. The molecule has 0 unspecified atom stereocenters. The Kier molecular flexibility index (Phi) is 4.53. The van der Waals surface area contributed by atoms with Crippen molar-refractivity contribution in [3.63, 3.8) is 0 Å². The van der Waals surface area contributed by atoms with Crippen LogP contribution < -0.4 is 10.5 Å². The molecule has 0 bridgehead atoms. The maximum Gasteiger partial charge on any atom is 0.339 e. The molecule has 5 heteroatoms. The van der Waals surface area contributed by atoms with Gasteiger partial charge in [-0.15, -0.1) is 0 Å². The average Bonchev–Trinajstić information content (AvgIpc) is 2.49. The van der Waals surface area contributed by atoms with Crippen molar-refractivity contribution in [3.05, 3.63) is 48.0 Å². The van der Waals surface area contributed by atoms with Gasteiger partial charge in [0.1, 0.15) is 5.75 Å². The van der Waals surface area contributed by atoms with E-state index in [-0.39, 0.29) is 0 Å². The highest BCUT2D eigenvalue weighted by atomic mass is 32.2. The van der Waals surface area contributed by atoms with Gasteiger partial charge in [-0.1, -0.05) is 23.9 Å². The lowest BCUT2D eigenvalue weighted by molar-refractivity contribution is 0.0601. The summed E-state index contributed by atoms with van der Waals surface area (Å²) in [6.45, 7) is 0. The van der Waals surface area contributed by atoms with E-state index >= 15 is 0 Å². The lowest BCUT2D eigenvalue weighted by Gasteiger charge is -2.10. The number of carbonyl (C=O) groups excluding carboxylic acids is 1. The first kappa shape index (κ1) is 14.3. The van der Waals surface area contributed by atoms with Gasteiger partial charge in [0.15, 0.2) is 0 Å². The second-order valence-electron chi connectivity index (χ2n) is 3.99. The summed E-state index contributed by atoms with van der Waals surface area (Å²) < 4.78 is 9.89. The number of benzene rings is 2. The molecular formula is C15H15NO3S. The Bertz CT molecular complexity index is 628. The van der Waals surface area contributed by atoms with Crippen LogP contribution in [0.3, 0.4) is 0 Å². The minimum Gasteiger partial charge on any atom is -0.497 e. The second kappa shape index (κ2) is 6.34. The van der Waals surface area contributed by atoms with Crippen LogP contribution in [0.15, 0.2) is 52.3 Å². The van der Waals surface area contributed by atoms with Gasteiger partial charge in [-0.25, -0.2) is 4.79 Å². The van der Waals surface area contributed by atoms with Crippen LogP contribution in [0, 0.1) is 0 Å². The minimum atomic E-state index is -0.435. The molecule has 0 saturated heterocycles. The van der Waals surface area contributed by atoms with Gasteiger partial charge in [-0.2, -0.15) is 0 Å². The molecule has 0 aliphatic heterocycles. The van der Waals surface area contributed by atoms with Gasteiger partial charge in [0, 0.05) is 9.79 Å². The highest BCUT2D eigenvalue weighted by molar-refractivity contribution is 7.99. The summed E-state index contributed by atoms with van der Waals surface area (Å²) in [7, 11) is 2.96. The lowest BCUT2D eigenvalue weighted by atomic mass is 10.2. The zero-order valence-electron chi connectivity index (χ0n) is 11.3. The van der Waals surface area contributed by atoms with Crippen LogP contribution in [0.1, 0.15) is 10.4 Å². The standard InChI is InChI=1S/C15H15NO3S/c1-18-10-5-3-6-11(9-10)20-13-8-4-7-12(14(13)16)15(17)19-2/h3-9H,16H2,1-2H3. The number of ether oxygens (including phenoxy) is 2. The number of esters is 1. The first-order chi connectivity index (χ1) is 9.65. The fourth-order valence-corrected chi connectivity index (χ4v) is 2.65. The predicted octanol–water partition coefficient (Wildman–Crippen LogP) is 3.22. The maximum absolute atomic E-state index is 11.6. The largest absolute Gasteiger partial charge is 0.497 e. The SMILES string of the molecule is COC(=O)c1cccc(Sc2cccc(OC)c2)c1N. The van der Waals surface area contributed by atoms with Crippen LogP contribution in [0.25, 0.3) is 0 Å². The normalized spacial score (nSPS) is 10.1. The summed E-state index contributed by atoms with van der Waals surface area (Å²) in [6, 6.07) is 12.9. The number of rotatable bonds is 4. The van der Waals surface area contributed by atoms with E-state index in [0.29, 0.717) is 11.3 Å². The zero-order chi connectivity index (χ0) is 14.5. The van der Waals surface area contributed by atoms with E-state index in [0.717, 1.165) is 15.5 Å². The predicted molar refractivity (Wildman–Crippen MR) is 79.3 cm³/mol. The van der Waals surface area contributed by atoms with Crippen molar-refractivity contribution in [2.75, 3.05) is 20.0 Å². The number of nitrogens with two attached hydrogens (primary N) is 1. The highest BCUT2D eigenvalue weighted by Gasteiger charge is 2.13. The van der Waals surface area contributed by atoms with E-state index < -0.39 is 5.97 Å². The van der Waals surface area contributed by atoms with E-state index in [9.17, 15) is 4.79 Å². The molecule has 2 aromatic carbocycles. The summed E-state index contributed by atoms with van der Waals surface area (Å²) in [4.78, 5) is 13.4. The molecule has 2 aromatic rings. The van der Waals surface area contributed by atoms with Crippen molar-refractivity contribution < 1.29 is 14.3 Å². The molecule has 20 heavy (non-hydrogen) atoms. The molecule has 0 atom stereocenters. The zero-order valence-corrected chi connectivity index (χ0v) is 12.1. The van der Waals surface area contributed by atoms with Crippen LogP contribution in [0.4, 0.5) is 5.69 Å². The van der Waals surface area contributed by atoms with Gasteiger partial charge in [0.2, 0.25) is 0 Å². The van der Waals surface area contributed by atoms with Gasteiger partial charge in [-0.3, -0.25) is 0 Å². The Hall–Kier alpha value is -2.14. The number of nitrogen functional groups attached to an aromatic ring is 1. The van der Waals surface area contributed by atoms with Crippen LogP contribution in [-0.2, 0) is 4.74 Å². The molecule has 104 valence electrons. The molecule has 2 rings (SSSR count). The van der Waals surface area contributed by atoms with Gasteiger partial charge in [-0.05, 0) is 30.3 Å². The van der Waals surface area contributed by atoms with Gasteiger partial charge < -0.3 is 15.2 Å².